The molecule has 0 rings (SSSR count). The molecule has 4 nitrogen and oxygen atoms in total. The minimum absolute atomic E-state index is 0. The van der Waals surface area contributed by atoms with Crippen LogP contribution in [0.2, 0.25) is 0 Å². The summed E-state index contributed by atoms with van der Waals surface area (Å²) < 4.78 is 31.9. The van der Waals surface area contributed by atoms with Gasteiger partial charge in [0.25, 0.3) is 0 Å². The van der Waals surface area contributed by atoms with Crippen LogP contribution in [0.15, 0.2) is 0 Å². The Bertz CT molecular complexity index is 90.7. The summed E-state index contributed by atoms with van der Waals surface area (Å²) in [6.07, 6.45) is 0. The summed E-state index contributed by atoms with van der Waals surface area (Å²) in [7, 11) is 0. The van der Waals surface area contributed by atoms with Crippen LogP contribution in [-0.2, 0) is 7.67 Å². The van der Waals surface area contributed by atoms with Crippen LogP contribution in [0.25, 0.3) is 0 Å². The van der Waals surface area contributed by atoms with E-state index in [0.717, 1.165) is 0 Å². The zero-order valence-corrected chi connectivity index (χ0v) is 3.83. The molecule has 0 aromatic rings. The first-order valence-electron chi connectivity index (χ1n) is 0.698. The number of hydrogen-bond donors (Lipinski definition) is 2. The molecule has 6 heteroatoms. The molecular formula is H3NaO4Se. The van der Waals surface area contributed by atoms with Crippen LogP contribution in [-0.4, -0.2) is 51.3 Å². The molecule has 2 N–H and O–H groups in total. The van der Waals surface area contributed by atoms with E-state index >= 15 is 0 Å². The van der Waals surface area contributed by atoms with Crippen molar-refractivity contribution in [3.05, 3.63) is 0 Å². The third-order valence-corrected chi connectivity index (χ3v) is 0. The topological polar surface area (TPSA) is 74.6 Å². The quantitative estimate of drug-likeness (QED) is 0.397. The van der Waals surface area contributed by atoms with Gasteiger partial charge in [0.15, 0.2) is 0 Å². The fraction of sp³-hybridized carbons (Fsp3) is 0. The van der Waals surface area contributed by atoms with Crippen LogP contribution in [0.4, 0.5) is 0 Å². The Morgan fingerprint density at radius 3 is 1.17 bits per heavy atom. The Balaban J connectivity index is 0. The van der Waals surface area contributed by atoms with E-state index in [-0.39, 0.29) is 29.6 Å². The average molecular weight is 169 g/mol. The Hall–Kier alpha value is 1.04. The molecule has 0 spiro atoms. The molecule has 0 aromatic heterocycles. The molecule has 0 aromatic carbocycles. The first kappa shape index (κ1) is 10.1. The van der Waals surface area contributed by atoms with Gasteiger partial charge in [0.05, 0.1) is 0 Å². The van der Waals surface area contributed by atoms with Gasteiger partial charge in [-0.25, -0.2) is 0 Å². The first-order valence-corrected chi connectivity index (χ1v) is 3.63. The summed E-state index contributed by atoms with van der Waals surface area (Å²) in [5.74, 6) is 0. The summed E-state index contributed by atoms with van der Waals surface area (Å²) in [5.41, 5.74) is 0. The summed E-state index contributed by atoms with van der Waals surface area (Å²) in [4.78, 5) is 0. The van der Waals surface area contributed by atoms with Crippen molar-refractivity contribution in [3.63, 3.8) is 0 Å². The average Bonchev–Trinajstić information content (AvgIpc) is 0.722. The Morgan fingerprint density at radius 2 is 1.17 bits per heavy atom. The van der Waals surface area contributed by atoms with Crippen molar-refractivity contribution >= 4 is 42.9 Å². The molecule has 0 atom stereocenters. The maximum absolute atomic E-state index is 8.82. The van der Waals surface area contributed by atoms with Crippen LogP contribution in [0.5, 0.6) is 0 Å². The van der Waals surface area contributed by atoms with Gasteiger partial charge in [-0.1, -0.05) is 0 Å². The van der Waals surface area contributed by atoms with Gasteiger partial charge in [-0.3, -0.25) is 0 Å². The van der Waals surface area contributed by atoms with Gasteiger partial charge in [0, 0.05) is 0 Å². The molecule has 0 radical (unpaired) electrons. The van der Waals surface area contributed by atoms with Crippen LogP contribution in [0.3, 0.4) is 0 Å². The van der Waals surface area contributed by atoms with E-state index in [9.17, 15) is 0 Å². The van der Waals surface area contributed by atoms with Crippen molar-refractivity contribution in [2.45, 2.75) is 0 Å². The van der Waals surface area contributed by atoms with Gasteiger partial charge in [-0.05, 0) is 0 Å². The van der Waals surface area contributed by atoms with E-state index in [0.29, 0.717) is 0 Å². The molecule has 34 valence electrons. The van der Waals surface area contributed by atoms with Gasteiger partial charge >= 0.3 is 59.0 Å². The van der Waals surface area contributed by atoms with Crippen LogP contribution < -0.4 is 0 Å². The molecular weight excluding hydrogens is 166 g/mol. The fourth-order valence-electron chi connectivity index (χ4n) is 0. The standard InChI is InChI=1S/Na.H2O4Se.H/c;1-5(2,3)4;/h;(H2,1,2,3,4);. The molecule has 0 saturated heterocycles. The third-order valence-electron chi connectivity index (χ3n) is 0. The molecule has 0 unspecified atom stereocenters. The summed E-state index contributed by atoms with van der Waals surface area (Å²) in [6, 6.07) is 0. The predicted molar refractivity (Wildman–Crippen MR) is 18.7 cm³/mol. The Kier molecular flexibility index (Phi) is 5.22. The third kappa shape index (κ3) is 76.1. The molecule has 0 aliphatic heterocycles. The van der Waals surface area contributed by atoms with Gasteiger partial charge in [0.1, 0.15) is 0 Å². The summed E-state index contributed by atoms with van der Waals surface area (Å²) in [6.45, 7) is 0. The van der Waals surface area contributed by atoms with E-state index in [2.05, 4.69) is 0 Å². The van der Waals surface area contributed by atoms with E-state index < -0.39 is 13.4 Å². The van der Waals surface area contributed by atoms with Gasteiger partial charge in [-0.15, -0.1) is 0 Å². The number of hydrogen-bond acceptors (Lipinski definition) is 2. The van der Waals surface area contributed by atoms with E-state index in [1.165, 1.54) is 0 Å². The van der Waals surface area contributed by atoms with Crippen LogP contribution in [0, 0.1) is 0 Å². The van der Waals surface area contributed by atoms with Gasteiger partial charge < -0.3 is 0 Å². The summed E-state index contributed by atoms with van der Waals surface area (Å²) in [5, 5.41) is 0. The van der Waals surface area contributed by atoms with E-state index in [1.807, 2.05) is 0 Å². The Labute approximate surface area is 58.7 Å². The first-order chi connectivity index (χ1) is 2.00. The zero-order valence-electron chi connectivity index (χ0n) is 2.12. The zero-order chi connectivity index (χ0) is 4.50. The molecule has 0 amide bonds. The van der Waals surface area contributed by atoms with Gasteiger partial charge in [0.2, 0.25) is 0 Å². The fourth-order valence-corrected chi connectivity index (χ4v) is 0. The van der Waals surface area contributed by atoms with Crippen molar-refractivity contribution in [2.75, 3.05) is 0 Å². The normalized spacial score (nSPS) is 9.67. The summed E-state index contributed by atoms with van der Waals surface area (Å²) >= 11 is -5.25. The minimum atomic E-state index is -5.25. The monoisotopic (exact) mass is 170 g/mol. The second kappa shape index (κ2) is 3.10. The molecule has 0 aliphatic carbocycles. The van der Waals surface area contributed by atoms with Crippen molar-refractivity contribution < 1.29 is 16.0 Å². The van der Waals surface area contributed by atoms with Crippen molar-refractivity contribution in [1.82, 2.24) is 0 Å². The Morgan fingerprint density at radius 1 is 1.17 bits per heavy atom. The SMILES string of the molecule is O=[Se](=O)(O)O.[NaH]. The molecule has 0 heterocycles. The van der Waals surface area contributed by atoms with Crippen molar-refractivity contribution in [1.29, 1.82) is 0 Å². The van der Waals surface area contributed by atoms with Crippen molar-refractivity contribution in [3.8, 4) is 0 Å². The predicted octanol–water partition coefficient (Wildman–Crippen LogP) is -2.38. The second-order valence-corrected chi connectivity index (χ2v) is 2.33. The molecule has 0 saturated carbocycles. The van der Waals surface area contributed by atoms with E-state index in [1.54, 1.807) is 0 Å². The second-order valence-electron chi connectivity index (χ2n) is 0.448. The van der Waals surface area contributed by atoms with E-state index in [4.69, 9.17) is 16.0 Å². The number of rotatable bonds is 0. The maximum atomic E-state index is 8.82. The van der Waals surface area contributed by atoms with Crippen LogP contribution in [0.1, 0.15) is 0 Å². The molecule has 0 aliphatic rings. The van der Waals surface area contributed by atoms with Crippen molar-refractivity contribution in [2.24, 2.45) is 0 Å². The molecule has 0 fully saturated rings. The van der Waals surface area contributed by atoms with Crippen LogP contribution >= 0.6 is 0 Å². The molecule has 6 heavy (non-hydrogen) atoms. The molecule has 0 bridgehead atoms. The van der Waals surface area contributed by atoms with Gasteiger partial charge in [-0.2, -0.15) is 0 Å².